The topological polar surface area (TPSA) is 67.2 Å². The number of para-hydroxylation sites is 1. The van der Waals surface area contributed by atoms with Crippen molar-refractivity contribution in [2.24, 2.45) is 0 Å². The number of aryl methyl sites for hydroxylation is 1. The van der Waals surface area contributed by atoms with Crippen LogP contribution in [0.3, 0.4) is 0 Å². The van der Waals surface area contributed by atoms with Gasteiger partial charge in [0.15, 0.2) is 11.6 Å². The van der Waals surface area contributed by atoms with Gasteiger partial charge in [-0.1, -0.05) is 28.9 Å². The minimum absolute atomic E-state index is 0.0176. The molecular formula is C15H12FN3O2S. The first kappa shape index (κ1) is 14.4. The molecule has 0 radical (unpaired) electrons. The van der Waals surface area contributed by atoms with Crippen molar-refractivity contribution in [1.82, 2.24) is 9.88 Å². The highest BCUT2D eigenvalue weighted by atomic mass is 32.2. The molecule has 2 aromatic carbocycles. The quantitative estimate of drug-likeness (QED) is 0.714. The molecule has 112 valence electrons. The van der Waals surface area contributed by atoms with E-state index in [0.29, 0.717) is 5.39 Å². The lowest BCUT2D eigenvalue weighted by molar-refractivity contribution is 0.257. The van der Waals surface area contributed by atoms with E-state index in [4.69, 9.17) is 4.52 Å². The van der Waals surface area contributed by atoms with Crippen molar-refractivity contribution in [3.63, 3.8) is 0 Å². The number of carbonyl (C=O) groups excluding carboxylic acids is 1. The van der Waals surface area contributed by atoms with Crippen LogP contribution in [-0.2, 0) is 0 Å². The van der Waals surface area contributed by atoms with Crippen molar-refractivity contribution < 1.29 is 13.7 Å². The number of carbonyl (C=O) groups is 1. The summed E-state index contributed by atoms with van der Waals surface area (Å²) in [4.78, 5) is 12.8. The van der Waals surface area contributed by atoms with Crippen LogP contribution in [0, 0.1) is 12.7 Å². The van der Waals surface area contributed by atoms with Gasteiger partial charge in [-0.05, 0) is 43.1 Å². The molecule has 0 saturated carbocycles. The molecule has 2 amide bonds. The van der Waals surface area contributed by atoms with Crippen LogP contribution in [0.5, 0.6) is 0 Å². The highest BCUT2D eigenvalue weighted by Gasteiger charge is 2.13. The van der Waals surface area contributed by atoms with Crippen molar-refractivity contribution in [2.45, 2.75) is 11.8 Å². The molecule has 1 aromatic heterocycles. The monoisotopic (exact) mass is 317 g/mol. The van der Waals surface area contributed by atoms with Gasteiger partial charge in [-0.15, -0.1) is 0 Å². The maximum atomic E-state index is 13.5. The summed E-state index contributed by atoms with van der Waals surface area (Å²) < 4.78 is 21.0. The first-order valence-corrected chi connectivity index (χ1v) is 7.29. The Bertz CT molecular complexity index is 817. The summed E-state index contributed by atoms with van der Waals surface area (Å²) in [7, 11) is 0. The Morgan fingerprint density at radius 3 is 2.77 bits per heavy atom. The summed E-state index contributed by atoms with van der Waals surface area (Å²) in [5, 5.41) is 6.61. The van der Waals surface area contributed by atoms with Crippen molar-refractivity contribution in [2.75, 3.05) is 5.32 Å². The van der Waals surface area contributed by atoms with Gasteiger partial charge in [-0.2, -0.15) is 0 Å². The third-order valence-electron chi connectivity index (χ3n) is 2.96. The minimum Gasteiger partial charge on any atom is -0.351 e. The van der Waals surface area contributed by atoms with Gasteiger partial charge in [-0.3, -0.25) is 10.0 Å². The highest BCUT2D eigenvalue weighted by Crippen LogP contribution is 2.25. The van der Waals surface area contributed by atoms with E-state index in [-0.39, 0.29) is 11.4 Å². The molecule has 0 spiro atoms. The number of anilines is 1. The fraction of sp³-hybridized carbons (Fsp3) is 0.0667. The van der Waals surface area contributed by atoms with Gasteiger partial charge in [-0.25, -0.2) is 9.18 Å². The summed E-state index contributed by atoms with van der Waals surface area (Å²) in [5.74, 6) is -0.344. The molecule has 22 heavy (non-hydrogen) atoms. The smallest absolute Gasteiger partial charge is 0.330 e. The molecule has 2 N–H and O–H groups in total. The largest absolute Gasteiger partial charge is 0.351 e. The minimum atomic E-state index is -0.521. The molecule has 0 fully saturated rings. The molecule has 7 heteroatoms. The summed E-state index contributed by atoms with van der Waals surface area (Å²) in [6.07, 6.45) is 0. The van der Waals surface area contributed by atoms with Crippen LogP contribution in [-0.4, -0.2) is 11.2 Å². The fourth-order valence-electron chi connectivity index (χ4n) is 1.86. The van der Waals surface area contributed by atoms with Crippen molar-refractivity contribution in [3.05, 3.63) is 53.8 Å². The van der Waals surface area contributed by atoms with E-state index in [1.165, 1.54) is 24.1 Å². The van der Waals surface area contributed by atoms with Gasteiger partial charge >= 0.3 is 6.03 Å². The number of hydrogen-bond acceptors (Lipinski definition) is 4. The number of aromatic nitrogens is 1. The normalized spacial score (nSPS) is 10.6. The lowest BCUT2D eigenvalue weighted by atomic mass is 10.2. The Labute approximate surface area is 130 Å². The van der Waals surface area contributed by atoms with E-state index < -0.39 is 11.8 Å². The SMILES string of the molecule is Cc1ccc(SNC(=O)Nc2noc3c(F)cccc23)cc1. The van der Waals surface area contributed by atoms with E-state index in [0.717, 1.165) is 10.5 Å². The highest BCUT2D eigenvalue weighted by molar-refractivity contribution is 7.98. The van der Waals surface area contributed by atoms with Gasteiger partial charge in [0.1, 0.15) is 0 Å². The number of hydrogen-bond donors (Lipinski definition) is 2. The van der Waals surface area contributed by atoms with Crippen LogP contribution in [0.15, 0.2) is 51.9 Å². The second-order valence-corrected chi connectivity index (χ2v) is 5.50. The summed E-state index contributed by atoms with van der Waals surface area (Å²) in [6, 6.07) is 11.7. The van der Waals surface area contributed by atoms with Crippen LogP contribution in [0.2, 0.25) is 0 Å². The van der Waals surface area contributed by atoms with E-state index in [2.05, 4.69) is 15.2 Å². The summed E-state index contributed by atoms with van der Waals surface area (Å²) in [5.41, 5.74) is 1.16. The number of rotatable bonds is 3. The van der Waals surface area contributed by atoms with Crippen LogP contribution in [0.1, 0.15) is 5.56 Å². The molecule has 3 aromatic rings. The van der Waals surface area contributed by atoms with Gasteiger partial charge < -0.3 is 4.52 Å². The molecule has 0 aliphatic rings. The molecule has 0 saturated heterocycles. The van der Waals surface area contributed by atoms with Crippen LogP contribution in [0.4, 0.5) is 15.0 Å². The summed E-state index contributed by atoms with van der Waals surface area (Å²) >= 11 is 1.17. The van der Waals surface area contributed by atoms with Crippen molar-refractivity contribution in [3.8, 4) is 0 Å². The van der Waals surface area contributed by atoms with E-state index in [1.807, 2.05) is 31.2 Å². The number of nitrogens with zero attached hydrogens (tertiary/aromatic N) is 1. The number of amides is 2. The lowest BCUT2D eigenvalue weighted by Gasteiger charge is -2.05. The zero-order valence-corrected chi connectivity index (χ0v) is 12.4. The first-order valence-electron chi connectivity index (χ1n) is 6.48. The molecule has 0 atom stereocenters. The van der Waals surface area contributed by atoms with Crippen molar-refractivity contribution in [1.29, 1.82) is 0 Å². The summed E-state index contributed by atoms with van der Waals surface area (Å²) in [6.45, 7) is 1.99. The zero-order valence-electron chi connectivity index (χ0n) is 11.6. The van der Waals surface area contributed by atoms with Gasteiger partial charge in [0, 0.05) is 4.90 Å². The molecule has 0 aliphatic heterocycles. The second-order valence-electron chi connectivity index (χ2n) is 4.62. The third kappa shape index (κ3) is 3.04. The predicted molar refractivity (Wildman–Crippen MR) is 83.2 cm³/mol. The van der Waals surface area contributed by atoms with E-state index >= 15 is 0 Å². The zero-order chi connectivity index (χ0) is 15.5. The number of benzene rings is 2. The van der Waals surface area contributed by atoms with E-state index in [1.54, 1.807) is 6.07 Å². The van der Waals surface area contributed by atoms with Crippen LogP contribution < -0.4 is 10.0 Å². The first-order chi connectivity index (χ1) is 10.6. The standard InChI is InChI=1S/C15H12FN3O2S/c1-9-5-7-10(8-6-9)22-19-15(20)17-14-11-3-2-4-12(16)13(11)21-18-14/h2-8H,1H3,(H2,17,18,19,20). The van der Waals surface area contributed by atoms with Gasteiger partial charge in [0.25, 0.3) is 0 Å². The maximum absolute atomic E-state index is 13.5. The Hall–Kier alpha value is -2.54. The Kier molecular flexibility index (Phi) is 3.97. The molecule has 5 nitrogen and oxygen atoms in total. The van der Waals surface area contributed by atoms with Crippen LogP contribution in [0.25, 0.3) is 11.0 Å². The Balaban J connectivity index is 1.66. The Morgan fingerprint density at radius 2 is 2.00 bits per heavy atom. The molecule has 3 rings (SSSR count). The van der Waals surface area contributed by atoms with Gasteiger partial charge in [0.2, 0.25) is 5.58 Å². The average Bonchev–Trinajstić information content (AvgIpc) is 2.91. The number of nitrogens with one attached hydrogen (secondary N) is 2. The second kappa shape index (κ2) is 6.07. The molecule has 0 aliphatic carbocycles. The molecule has 0 unspecified atom stereocenters. The van der Waals surface area contributed by atoms with Crippen LogP contribution >= 0.6 is 11.9 Å². The molecular weight excluding hydrogens is 305 g/mol. The molecule has 0 bridgehead atoms. The number of urea groups is 1. The third-order valence-corrected chi connectivity index (χ3v) is 3.76. The van der Waals surface area contributed by atoms with Gasteiger partial charge in [0.05, 0.1) is 5.39 Å². The molecule has 1 heterocycles. The van der Waals surface area contributed by atoms with E-state index in [9.17, 15) is 9.18 Å². The average molecular weight is 317 g/mol. The fourth-order valence-corrected chi connectivity index (χ4v) is 2.40. The number of halogens is 1. The number of fused-ring (bicyclic) bond motifs is 1. The lowest BCUT2D eigenvalue weighted by Crippen LogP contribution is -2.22. The Morgan fingerprint density at radius 1 is 1.23 bits per heavy atom. The van der Waals surface area contributed by atoms with Crippen molar-refractivity contribution >= 4 is 34.8 Å². The predicted octanol–water partition coefficient (Wildman–Crippen LogP) is 4.10. The maximum Gasteiger partial charge on any atom is 0.330 e.